The van der Waals surface area contributed by atoms with Crippen LogP contribution in [0.2, 0.25) is 0 Å². The van der Waals surface area contributed by atoms with Gasteiger partial charge in [0.25, 0.3) is 0 Å². The van der Waals surface area contributed by atoms with Crippen LogP contribution in [0.4, 0.5) is 0 Å². The molecule has 1 atom stereocenters. The predicted octanol–water partition coefficient (Wildman–Crippen LogP) is 6.86. The molecule has 0 fully saturated rings. The van der Waals surface area contributed by atoms with Crippen molar-refractivity contribution in [2.24, 2.45) is 5.41 Å². The summed E-state index contributed by atoms with van der Waals surface area (Å²) in [6, 6.07) is 21.9. The van der Waals surface area contributed by atoms with Crippen molar-refractivity contribution < 1.29 is 0 Å². The van der Waals surface area contributed by atoms with Crippen molar-refractivity contribution in [3.8, 4) is 0 Å². The van der Waals surface area contributed by atoms with E-state index in [1.54, 1.807) is 0 Å². The highest BCUT2D eigenvalue weighted by molar-refractivity contribution is 5.68. The van der Waals surface area contributed by atoms with Gasteiger partial charge in [-0.15, -0.1) is 0 Å². The second-order valence-corrected chi connectivity index (χ2v) is 7.98. The van der Waals surface area contributed by atoms with E-state index in [2.05, 4.69) is 122 Å². The molecule has 0 aromatic heterocycles. The van der Waals surface area contributed by atoms with Crippen LogP contribution in [0.25, 0.3) is 0 Å². The maximum atomic E-state index is 2.47. The molecule has 5 rings (SSSR count). The molecule has 0 radical (unpaired) electrons. The van der Waals surface area contributed by atoms with Crippen molar-refractivity contribution in [2.75, 3.05) is 0 Å². The first-order valence-corrected chi connectivity index (χ1v) is 10.0. The first-order chi connectivity index (χ1) is 13.7. The lowest BCUT2D eigenvalue weighted by Crippen LogP contribution is -2.31. The molecule has 2 aromatic carbocycles. The van der Waals surface area contributed by atoms with Crippen molar-refractivity contribution >= 4 is 0 Å². The zero-order chi connectivity index (χ0) is 19.0. The van der Waals surface area contributed by atoms with Crippen LogP contribution in [0.15, 0.2) is 132 Å². The Balaban J connectivity index is 1.85. The Labute approximate surface area is 167 Å². The monoisotopic (exact) mass is 360 g/mol. The molecular weight excluding hydrogens is 336 g/mol. The van der Waals surface area contributed by atoms with Gasteiger partial charge >= 0.3 is 0 Å². The van der Waals surface area contributed by atoms with Crippen molar-refractivity contribution in [3.05, 3.63) is 143 Å². The van der Waals surface area contributed by atoms with E-state index in [9.17, 15) is 0 Å². The lowest BCUT2D eigenvalue weighted by molar-refractivity contribution is 0.675. The topological polar surface area (TPSA) is 0 Å². The first-order valence-electron chi connectivity index (χ1n) is 10.0. The van der Waals surface area contributed by atoms with E-state index in [0.29, 0.717) is 0 Å². The Morgan fingerprint density at radius 3 is 2.04 bits per heavy atom. The van der Waals surface area contributed by atoms with Crippen LogP contribution in [0.1, 0.15) is 24.5 Å². The van der Waals surface area contributed by atoms with Crippen LogP contribution in [0.5, 0.6) is 0 Å². The summed E-state index contributed by atoms with van der Waals surface area (Å²) < 4.78 is 0. The molecule has 0 saturated heterocycles. The molecule has 3 aliphatic rings. The Morgan fingerprint density at radius 2 is 1.46 bits per heavy atom. The van der Waals surface area contributed by atoms with E-state index in [-0.39, 0.29) is 10.8 Å². The molecular formula is C28H24. The Morgan fingerprint density at radius 1 is 0.786 bits per heavy atom. The normalized spacial score (nSPS) is 22.7. The lowest BCUT2D eigenvalue weighted by Gasteiger charge is -2.37. The second-order valence-electron chi connectivity index (χ2n) is 7.98. The van der Waals surface area contributed by atoms with Gasteiger partial charge in [0.15, 0.2) is 0 Å². The highest BCUT2D eigenvalue weighted by Gasteiger charge is 2.44. The molecule has 0 heterocycles. The number of rotatable bonds is 4. The van der Waals surface area contributed by atoms with Crippen LogP contribution in [-0.2, 0) is 5.41 Å². The van der Waals surface area contributed by atoms with Gasteiger partial charge < -0.3 is 0 Å². The van der Waals surface area contributed by atoms with Crippen LogP contribution in [0.3, 0.4) is 0 Å². The smallest absolute Gasteiger partial charge is 0.0695 e. The van der Waals surface area contributed by atoms with Gasteiger partial charge in [0.1, 0.15) is 0 Å². The van der Waals surface area contributed by atoms with Crippen molar-refractivity contribution in [3.63, 3.8) is 0 Å². The number of benzene rings is 2. The minimum absolute atomic E-state index is 0.0399. The van der Waals surface area contributed by atoms with Crippen molar-refractivity contribution in [1.82, 2.24) is 0 Å². The highest BCUT2D eigenvalue weighted by Crippen LogP contribution is 2.53. The van der Waals surface area contributed by atoms with E-state index < -0.39 is 0 Å². The zero-order valence-electron chi connectivity index (χ0n) is 16.2. The quantitative estimate of drug-likeness (QED) is 0.559. The molecule has 3 aliphatic carbocycles. The molecule has 0 bridgehead atoms. The molecule has 28 heavy (non-hydrogen) atoms. The minimum atomic E-state index is -0.301. The first kappa shape index (κ1) is 17.0. The number of fused-ring (bicyclic) bond motifs is 1. The third-order valence-corrected chi connectivity index (χ3v) is 6.27. The fourth-order valence-corrected chi connectivity index (χ4v) is 4.89. The summed E-state index contributed by atoms with van der Waals surface area (Å²) in [6.45, 7) is 2.31. The van der Waals surface area contributed by atoms with Crippen molar-refractivity contribution in [1.29, 1.82) is 0 Å². The van der Waals surface area contributed by atoms with Crippen LogP contribution in [-0.4, -0.2) is 0 Å². The lowest BCUT2D eigenvalue weighted by atomic mass is 9.64. The standard InChI is InChI=1S/C28H24/c1-27-19-11-10-18-25(27)20-26(21-27)28(24-16-8-9-17-24,22-12-4-2-5-13-22)23-14-6-3-7-15-23/h2-8,10-21H,9H2,1H3. The van der Waals surface area contributed by atoms with E-state index in [1.807, 2.05) is 0 Å². The fraction of sp³-hybridized carbons (Fsp3) is 0.143. The molecule has 0 saturated carbocycles. The SMILES string of the molecule is CC12C=CC=CC1=CC(C(C1=CCC=C1)(c1ccccc1)c1ccccc1)=C2. The summed E-state index contributed by atoms with van der Waals surface area (Å²) in [4.78, 5) is 0. The summed E-state index contributed by atoms with van der Waals surface area (Å²) in [5.41, 5.74) is 6.38. The maximum Gasteiger partial charge on any atom is 0.0695 e. The molecule has 0 heteroatoms. The van der Waals surface area contributed by atoms with Gasteiger partial charge in [-0.2, -0.15) is 0 Å². The van der Waals surface area contributed by atoms with Gasteiger partial charge in [-0.1, -0.05) is 115 Å². The van der Waals surface area contributed by atoms with Crippen molar-refractivity contribution in [2.45, 2.75) is 18.8 Å². The summed E-state index contributed by atoms with van der Waals surface area (Å²) in [5, 5.41) is 0. The molecule has 0 amide bonds. The van der Waals surface area contributed by atoms with Crippen LogP contribution >= 0.6 is 0 Å². The summed E-state index contributed by atoms with van der Waals surface area (Å²) in [6.07, 6.45) is 21.7. The molecule has 1 unspecified atom stereocenters. The third-order valence-electron chi connectivity index (χ3n) is 6.27. The zero-order valence-corrected chi connectivity index (χ0v) is 16.2. The minimum Gasteiger partial charge on any atom is -0.0804 e. The largest absolute Gasteiger partial charge is 0.0804 e. The van der Waals surface area contributed by atoms with E-state index >= 15 is 0 Å². The van der Waals surface area contributed by atoms with Gasteiger partial charge in [0, 0.05) is 5.41 Å². The maximum absolute atomic E-state index is 2.47. The predicted molar refractivity (Wildman–Crippen MR) is 118 cm³/mol. The Hall–Kier alpha value is -3.12. The Bertz CT molecular complexity index is 1030. The average Bonchev–Trinajstić information content (AvgIpc) is 3.38. The van der Waals surface area contributed by atoms with Crippen LogP contribution < -0.4 is 0 Å². The number of hydrogen-bond acceptors (Lipinski definition) is 0. The van der Waals surface area contributed by atoms with Gasteiger partial charge in [-0.3, -0.25) is 0 Å². The molecule has 136 valence electrons. The molecule has 0 N–H and O–H groups in total. The van der Waals surface area contributed by atoms with Gasteiger partial charge in [0.2, 0.25) is 0 Å². The summed E-state index contributed by atoms with van der Waals surface area (Å²) in [7, 11) is 0. The highest BCUT2D eigenvalue weighted by atomic mass is 14.5. The molecule has 2 aromatic rings. The second kappa shape index (κ2) is 6.49. The van der Waals surface area contributed by atoms with Gasteiger partial charge in [0.05, 0.1) is 5.41 Å². The molecule has 0 aliphatic heterocycles. The van der Waals surface area contributed by atoms with E-state index in [0.717, 1.165) is 6.42 Å². The fourth-order valence-electron chi connectivity index (χ4n) is 4.89. The number of allylic oxidation sites excluding steroid dienone is 12. The van der Waals surface area contributed by atoms with Gasteiger partial charge in [-0.05, 0) is 41.2 Å². The van der Waals surface area contributed by atoms with E-state index in [1.165, 1.54) is 27.8 Å². The molecule has 0 nitrogen and oxygen atoms in total. The average molecular weight is 361 g/mol. The summed E-state index contributed by atoms with van der Waals surface area (Å²) >= 11 is 0. The van der Waals surface area contributed by atoms with E-state index in [4.69, 9.17) is 0 Å². The Kier molecular flexibility index (Phi) is 3.94. The summed E-state index contributed by atoms with van der Waals surface area (Å²) in [5.74, 6) is 0. The van der Waals surface area contributed by atoms with Crippen LogP contribution in [0, 0.1) is 5.41 Å². The third kappa shape index (κ3) is 2.45. The van der Waals surface area contributed by atoms with Gasteiger partial charge in [-0.25, -0.2) is 0 Å². The molecule has 0 spiro atoms. The number of hydrogen-bond donors (Lipinski definition) is 0.